The van der Waals surface area contributed by atoms with Crippen molar-refractivity contribution >= 4 is 5.95 Å². The smallest absolute Gasteiger partial charge is 0.225 e. The van der Waals surface area contributed by atoms with E-state index >= 15 is 0 Å². The molecule has 1 fully saturated rings. The van der Waals surface area contributed by atoms with Crippen LogP contribution in [-0.2, 0) is 6.54 Å². The van der Waals surface area contributed by atoms with Crippen molar-refractivity contribution in [2.45, 2.75) is 25.5 Å². The number of hydrogen-bond acceptors (Lipinski definition) is 6. The average Bonchev–Trinajstić information content (AvgIpc) is 3.17. The number of nitrogens with one attached hydrogen (secondary N) is 1. The van der Waals surface area contributed by atoms with Crippen LogP contribution >= 0.6 is 0 Å². The Hall–Kier alpha value is -2.34. The van der Waals surface area contributed by atoms with Crippen LogP contribution < -0.4 is 19.7 Å². The van der Waals surface area contributed by atoms with E-state index in [0.29, 0.717) is 6.61 Å². The van der Waals surface area contributed by atoms with Gasteiger partial charge in [-0.1, -0.05) is 12.1 Å². The molecule has 4 rings (SSSR count). The third-order valence-electron chi connectivity index (χ3n) is 4.35. The Morgan fingerprint density at radius 2 is 1.83 bits per heavy atom. The molecular formula is C18H22N4O2. The standard InChI is InChI=1S/C18H22N4O2/c1-2-6-17-16(5-1)23-13-15(24-17)12-19-9-14-10-20-18(21-11-14)22-7-3-4-8-22/h1-2,5-6,10-11,15,19H,3-4,7-9,12-13H2/t15-/m0/s1. The van der Waals surface area contributed by atoms with Crippen LogP contribution in [0.15, 0.2) is 36.7 Å². The van der Waals surface area contributed by atoms with Crippen molar-refractivity contribution in [3.05, 3.63) is 42.2 Å². The highest BCUT2D eigenvalue weighted by atomic mass is 16.6. The molecule has 126 valence electrons. The Morgan fingerprint density at radius 3 is 2.62 bits per heavy atom. The van der Waals surface area contributed by atoms with Crippen molar-refractivity contribution in [1.82, 2.24) is 15.3 Å². The number of anilines is 1. The molecule has 0 radical (unpaired) electrons. The van der Waals surface area contributed by atoms with Crippen molar-refractivity contribution < 1.29 is 9.47 Å². The molecule has 0 saturated carbocycles. The average molecular weight is 326 g/mol. The molecule has 0 unspecified atom stereocenters. The predicted molar refractivity (Wildman–Crippen MR) is 91.5 cm³/mol. The largest absolute Gasteiger partial charge is 0.486 e. The van der Waals surface area contributed by atoms with Crippen molar-refractivity contribution in [3.63, 3.8) is 0 Å². The summed E-state index contributed by atoms with van der Waals surface area (Å²) < 4.78 is 11.6. The Morgan fingerprint density at radius 1 is 1.08 bits per heavy atom. The minimum Gasteiger partial charge on any atom is -0.486 e. The molecule has 6 nitrogen and oxygen atoms in total. The molecule has 1 atom stereocenters. The lowest BCUT2D eigenvalue weighted by Gasteiger charge is -2.26. The van der Waals surface area contributed by atoms with Crippen LogP contribution in [-0.4, -0.2) is 42.3 Å². The lowest BCUT2D eigenvalue weighted by Crippen LogP contribution is -2.38. The highest BCUT2D eigenvalue weighted by molar-refractivity contribution is 5.40. The number of ether oxygens (including phenoxy) is 2. The van der Waals surface area contributed by atoms with E-state index in [-0.39, 0.29) is 6.10 Å². The van der Waals surface area contributed by atoms with Crippen molar-refractivity contribution in [2.75, 3.05) is 31.1 Å². The Balaban J connectivity index is 1.25. The van der Waals surface area contributed by atoms with Gasteiger partial charge in [0.25, 0.3) is 0 Å². The number of aromatic nitrogens is 2. The normalized spacial score (nSPS) is 19.5. The summed E-state index contributed by atoms with van der Waals surface area (Å²) in [5.41, 5.74) is 1.08. The highest BCUT2D eigenvalue weighted by Gasteiger charge is 2.20. The fraction of sp³-hybridized carbons (Fsp3) is 0.444. The van der Waals surface area contributed by atoms with E-state index in [2.05, 4.69) is 20.2 Å². The van der Waals surface area contributed by atoms with Crippen LogP contribution in [0, 0.1) is 0 Å². The van der Waals surface area contributed by atoms with Gasteiger partial charge in [-0.3, -0.25) is 0 Å². The molecule has 1 aromatic heterocycles. The number of fused-ring (bicyclic) bond motifs is 1. The van der Waals surface area contributed by atoms with E-state index in [9.17, 15) is 0 Å². The summed E-state index contributed by atoms with van der Waals surface area (Å²) in [6.45, 7) is 4.15. The Labute approximate surface area is 141 Å². The minimum atomic E-state index is 0.0182. The van der Waals surface area contributed by atoms with Crippen LogP contribution in [0.1, 0.15) is 18.4 Å². The topological polar surface area (TPSA) is 59.5 Å². The van der Waals surface area contributed by atoms with Crippen LogP contribution in [0.3, 0.4) is 0 Å². The maximum absolute atomic E-state index is 5.93. The minimum absolute atomic E-state index is 0.0182. The second-order valence-corrected chi connectivity index (χ2v) is 6.21. The van der Waals surface area contributed by atoms with Gasteiger partial charge >= 0.3 is 0 Å². The Bertz CT molecular complexity index is 671. The van der Waals surface area contributed by atoms with E-state index in [4.69, 9.17) is 9.47 Å². The molecule has 1 saturated heterocycles. The molecule has 0 bridgehead atoms. The van der Waals surface area contributed by atoms with Crippen molar-refractivity contribution in [2.24, 2.45) is 0 Å². The van der Waals surface area contributed by atoms with Gasteiger partial charge in [0, 0.05) is 44.1 Å². The molecule has 0 spiro atoms. The Kier molecular flexibility index (Phi) is 4.46. The summed E-state index contributed by atoms with van der Waals surface area (Å²) in [6, 6.07) is 7.77. The van der Waals surface area contributed by atoms with Gasteiger partial charge in [-0.2, -0.15) is 0 Å². The fourth-order valence-corrected chi connectivity index (χ4v) is 3.06. The van der Waals surface area contributed by atoms with E-state index in [0.717, 1.165) is 49.2 Å². The molecule has 3 heterocycles. The van der Waals surface area contributed by atoms with Gasteiger partial charge < -0.3 is 19.7 Å². The van der Waals surface area contributed by atoms with Gasteiger partial charge in [-0.25, -0.2) is 9.97 Å². The molecule has 2 aliphatic rings. The van der Waals surface area contributed by atoms with Crippen LogP contribution in [0.2, 0.25) is 0 Å². The van der Waals surface area contributed by atoms with Gasteiger partial charge in [-0.15, -0.1) is 0 Å². The second kappa shape index (κ2) is 7.05. The predicted octanol–water partition coefficient (Wildman–Crippen LogP) is 2.01. The van der Waals surface area contributed by atoms with Crippen LogP contribution in [0.4, 0.5) is 5.95 Å². The van der Waals surface area contributed by atoms with Gasteiger partial charge in [0.1, 0.15) is 12.7 Å². The summed E-state index contributed by atoms with van der Waals surface area (Å²) in [6.07, 6.45) is 6.30. The maximum atomic E-state index is 5.93. The number of rotatable bonds is 5. The number of hydrogen-bond donors (Lipinski definition) is 1. The zero-order valence-corrected chi connectivity index (χ0v) is 13.6. The molecule has 2 aromatic rings. The first-order valence-electron chi connectivity index (χ1n) is 8.53. The van der Waals surface area contributed by atoms with Crippen LogP contribution in [0.5, 0.6) is 11.5 Å². The number of para-hydroxylation sites is 2. The van der Waals surface area contributed by atoms with Gasteiger partial charge in [0.15, 0.2) is 11.5 Å². The summed E-state index contributed by atoms with van der Waals surface area (Å²) >= 11 is 0. The quantitative estimate of drug-likeness (QED) is 0.907. The molecule has 0 amide bonds. The van der Waals surface area contributed by atoms with Gasteiger partial charge in [0.2, 0.25) is 5.95 Å². The third-order valence-corrected chi connectivity index (χ3v) is 4.35. The SMILES string of the molecule is c1ccc2c(c1)OC[C@H](CNCc1cnc(N3CCCC3)nc1)O2. The summed E-state index contributed by atoms with van der Waals surface area (Å²) in [7, 11) is 0. The zero-order valence-electron chi connectivity index (χ0n) is 13.6. The molecule has 1 aromatic carbocycles. The molecular weight excluding hydrogens is 304 g/mol. The first-order chi connectivity index (χ1) is 11.9. The maximum Gasteiger partial charge on any atom is 0.225 e. The molecule has 6 heteroatoms. The second-order valence-electron chi connectivity index (χ2n) is 6.21. The summed E-state index contributed by atoms with van der Waals surface area (Å²) in [4.78, 5) is 11.2. The van der Waals surface area contributed by atoms with Gasteiger partial charge in [-0.05, 0) is 25.0 Å². The fourth-order valence-electron chi connectivity index (χ4n) is 3.06. The molecule has 1 N–H and O–H groups in total. The summed E-state index contributed by atoms with van der Waals surface area (Å²) in [5, 5.41) is 3.39. The zero-order chi connectivity index (χ0) is 16.2. The van der Waals surface area contributed by atoms with Crippen LogP contribution in [0.25, 0.3) is 0 Å². The lowest BCUT2D eigenvalue weighted by molar-refractivity contribution is 0.0902. The van der Waals surface area contributed by atoms with E-state index < -0.39 is 0 Å². The first kappa shape index (κ1) is 15.2. The van der Waals surface area contributed by atoms with E-state index in [1.54, 1.807) is 0 Å². The number of nitrogens with zero attached hydrogens (tertiary/aromatic N) is 3. The van der Waals surface area contributed by atoms with Crippen molar-refractivity contribution in [3.8, 4) is 11.5 Å². The molecule has 2 aliphatic heterocycles. The van der Waals surface area contributed by atoms with Gasteiger partial charge in [0.05, 0.1) is 0 Å². The monoisotopic (exact) mass is 326 g/mol. The number of benzene rings is 1. The summed E-state index contributed by atoms with van der Waals surface area (Å²) in [5.74, 6) is 2.48. The lowest BCUT2D eigenvalue weighted by atomic mass is 10.2. The highest BCUT2D eigenvalue weighted by Crippen LogP contribution is 2.30. The molecule has 0 aliphatic carbocycles. The van der Waals surface area contributed by atoms with E-state index in [1.807, 2.05) is 36.7 Å². The first-order valence-corrected chi connectivity index (χ1v) is 8.53. The van der Waals surface area contributed by atoms with E-state index in [1.165, 1.54) is 12.8 Å². The van der Waals surface area contributed by atoms with Crippen molar-refractivity contribution in [1.29, 1.82) is 0 Å². The molecule has 24 heavy (non-hydrogen) atoms. The third kappa shape index (κ3) is 3.43.